The van der Waals surface area contributed by atoms with Gasteiger partial charge in [0.1, 0.15) is 5.78 Å². The highest BCUT2D eigenvalue weighted by atomic mass is 16.3. The second-order valence-corrected chi connectivity index (χ2v) is 12.5. The number of hydrogen-bond donors (Lipinski definition) is 2. The van der Waals surface area contributed by atoms with Crippen LogP contribution in [0.3, 0.4) is 0 Å². The van der Waals surface area contributed by atoms with Gasteiger partial charge in [-0.25, -0.2) is 0 Å². The average Bonchev–Trinajstić information content (AvgIpc) is 2.97. The van der Waals surface area contributed by atoms with E-state index in [9.17, 15) is 15.0 Å². The van der Waals surface area contributed by atoms with E-state index in [-0.39, 0.29) is 28.6 Å². The molecule has 31 heavy (non-hydrogen) atoms. The number of allylic oxidation sites excluding steroid dienone is 2. The number of ketones is 1. The molecule has 8 atom stereocenters. The first-order chi connectivity index (χ1) is 14.4. The van der Waals surface area contributed by atoms with Crippen molar-refractivity contribution in [3.8, 4) is 0 Å². The molecular formula is C28H44O3. The SMILES string of the molecule is C=C(CCC(C)(O)C1C(=O)CC2C3CC=C4CC(O)CCC4(C)C3CCC21C)C(C)C. The summed E-state index contributed by atoms with van der Waals surface area (Å²) in [6, 6.07) is 0. The van der Waals surface area contributed by atoms with Crippen molar-refractivity contribution in [2.24, 2.45) is 40.4 Å². The summed E-state index contributed by atoms with van der Waals surface area (Å²) < 4.78 is 0. The number of rotatable bonds is 5. The van der Waals surface area contributed by atoms with E-state index < -0.39 is 5.60 Å². The molecule has 4 rings (SSSR count). The zero-order valence-corrected chi connectivity index (χ0v) is 20.4. The predicted octanol–water partition coefficient (Wildman–Crippen LogP) is 5.85. The smallest absolute Gasteiger partial charge is 0.139 e. The van der Waals surface area contributed by atoms with E-state index in [0.717, 1.165) is 50.5 Å². The Morgan fingerprint density at radius 2 is 1.94 bits per heavy atom. The molecule has 0 aromatic carbocycles. The van der Waals surface area contributed by atoms with Gasteiger partial charge in [0.25, 0.3) is 0 Å². The Bertz CT molecular complexity index is 777. The minimum absolute atomic E-state index is 0.114. The molecule has 2 N–H and O–H groups in total. The Hall–Kier alpha value is -0.930. The molecule has 0 saturated heterocycles. The Balaban J connectivity index is 1.58. The molecule has 4 aliphatic rings. The normalized spacial score (nSPS) is 44.2. The lowest BCUT2D eigenvalue weighted by Crippen LogP contribution is -2.53. The molecule has 174 valence electrons. The van der Waals surface area contributed by atoms with Crippen LogP contribution in [0.5, 0.6) is 0 Å². The average molecular weight is 429 g/mol. The fraction of sp³-hybridized carbons (Fsp3) is 0.821. The van der Waals surface area contributed by atoms with E-state index in [2.05, 4.69) is 40.3 Å². The maximum absolute atomic E-state index is 13.4. The van der Waals surface area contributed by atoms with Gasteiger partial charge in [0, 0.05) is 6.42 Å². The van der Waals surface area contributed by atoms with Crippen molar-refractivity contribution in [1.82, 2.24) is 0 Å². The molecule has 3 fully saturated rings. The minimum atomic E-state index is -0.972. The second-order valence-electron chi connectivity index (χ2n) is 12.5. The molecule has 3 nitrogen and oxygen atoms in total. The molecule has 0 bridgehead atoms. The maximum atomic E-state index is 13.4. The van der Waals surface area contributed by atoms with Crippen molar-refractivity contribution < 1.29 is 15.0 Å². The summed E-state index contributed by atoms with van der Waals surface area (Å²) >= 11 is 0. The summed E-state index contributed by atoms with van der Waals surface area (Å²) in [6.45, 7) is 15.1. The number of fused-ring (bicyclic) bond motifs is 5. The lowest BCUT2D eigenvalue weighted by molar-refractivity contribution is -0.138. The van der Waals surface area contributed by atoms with E-state index in [1.54, 1.807) is 0 Å². The largest absolute Gasteiger partial charge is 0.393 e. The molecule has 3 saturated carbocycles. The van der Waals surface area contributed by atoms with E-state index in [4.69, 9.17) is 0 Å². The number of carbonyl (C=O) groups excluding carboxylic acids is 1. The molecule has 4 aliphatic carbocycles. The number of aliphatic hydroxyl groups is 2. The zero-order chi connectivity index (χ0) is 22.8. The Labute approximate surface area is 189 Å². The van der Waals surface area contributed by atoms with Crippen molar-refractivity contribution in [3.63, 3.8) is 0 Å². The highest BCUT2D eigenvalue weighted by Crippen LogP contribution is 2.67. The first kappa shape index (κ1) is 23.2. The van der Waals surface area contributed by atoms with E-state index in [1.807, 2.05) is 6.92 Å². The van der Waals surface area contributed by atoms with Crippen LogP contribution in [-0.4, -0.2) is 27.7 Å². The van der Waals surface area contributed by atoms with Crippen LogP contribution in [0.4, 0.5) is 0 Å². The van der Waals surface area contributed by atoms with Crippen molar-refractivity contribution in [3.05, 3.63) is 23.8 Å². The van der Waals surface area contributed by atoms with Crippen LogP contribution in [0.25, 0.3) is 0 Å². The monoisotopic (exact) mass is 428 g/mol. The van der Waals surface area contributed by atoms with Crippen LogP contribution in [-0.2, 0) is 4.79 Å². The van der Waals surface area contributed by atoms with Crippen LogP contribution in [0.1, 0.15) is 92.4 Å². The second kappa shape index (κ2) is 7.83. The third-order valence-corrected chi connectivity index (χ3v) is 10.3. The van der Waals surface area contributed by atoms with Gasteiger partial charge >= 0.3 is 0 Å². The van der Waals surface area contributed by atoms with Crippen LogP contribution < -0.4 is 0 Å². The first-order valence-electron chi connectivity index (χ1n) is 12.7. The molecule has 0 radical (unpaired) electrons. The third kappa shape index (κ3) is 3.68. The zero-order valence-electron chi connectivity index (χ0n) is 20.4. The molecule has 0 heterocycles. The number of carbonyl (C=O) groups is 1. The molecular weight excluding hydrogens is 384 g/mol. The summed E-state index contributed by atoms with van der Waals surface area (Å²) in [5, 5.41) is 21.8. The fourth-order valence-electron chi connectivity index (χ4n) is 8.34. The molecule has 0 spiro atoms. The van der Waals surface area contributed by atoms with E-state index >= 15 is 0 Å². The summed E-state index contributed by atoms with van der Waals surface area (Å²) in [5.74, 6) is 1.93. The van der Waals surface area contributed by atoms with Crippen LogP contribution in [0, 0.1) is 40.4 Å². The molecule has 0 amide bonds. The molecule has 0 aromatic rings. The Morgan fingerprint density at radius 1 is 1.23 bits per heavy atom. The van der Waals surface area contributed by atoms with Gasteiger partial charge in [0.05, 0.1) is 17.6 Å². The van der Waals surface area contributed by atoms with Gasteiger partial charge in [-0.15, -0.1) is 0 Å². The van der Waals surface area contributed by atoms with Gasteiger partial charge in [0.15, 0.2) is 0 Å². The van der Waals surface area contributed by atoms with Crippen molar-refractivity contribution in [2.75, 3.05) is 0 Å². The van der Waals surface area contributed by atoms with Crippen molar-refractivity contribution in [1.29, 1.82) is 0 Å². The van der Waals surface area contributed by atoms with Crippen LogP contribution in [0.15, 0.2) is 23.8 Å². The highest BCUT2D eigenvalue weighted by Gasteiger charge is 2.64. The number of Topliss-reactive ketones (excluding diaryl/α,β-unsaturated/α-hetero) is 1. The van der Waals surface area contributed by atoms with Crippen molar-refractivity contribution >= 4 is 5.78 Å². The molecule has 8 unspecified atom stereocenters. The van der Waals surface area contributed by atoms with Crippen LogP contribution >= 0.6 is 0 Å². The van der Waals surface area contributed by atoms with Gasteiger partial charge in [-0.05, 0) is 92.8 Å². The summed E-state index contributed by atoms with van der Waals surface area (Å²) in [6.07, 6.45) is 10.3. The lowest BCUT2D eigenvalue weighted by atomic mass is 9.46. The van der Waals surface area contributed by atoms with Crippen LogP contribution in [0.2, 0.25) is 0 Å². The molecule has 0 aliphatic heterocycles. The summed E-state index contributed by atoms with van der Waals surface area (Å²) in [4.78, 5) is 13.4. The predicted molar refractivity (Wildman–Crippen MR) is 125 cm³/mol. The van der Waals surface area contributed by atoms with Gasteiger partial charge < -0.3 is 10.2 Å². The molecule has 3 heteroatoms. The standard InChI is InChI=1S/C28H44O3/c1-17(2)18(3)9-14-28(6,31)25-24(30)16-23-21-8-7-19-15-20(29)10-12-26(19,4)22(21)11-13-27(23,25)5/h7,17,20-23,25,29,31H,3,8-16H2,1-2,4-6H3. The number of aliphatic hydroxyl groups excluding tert-OH is 1. The summed E-state index contributed by atoms with van der Waals surface area (Å²) in [7, 11) is 0. The third-order valence-electron chi connectivity index (χ3n) is 10.3. The first-order valence-corrected chi connectivity index (χ1v) is 12.7. The Kier molecular flexibility index (Phi) is 5.87. The number of hydrogen-bond acceptors (Lipinski definition) is 3. The van der Waals surface area contributed by atoms with Gasteiger partial charge in [0.2, 0.25) is 0 Å². The van der Waals surface area contributed by atoms with Gasteiger partial charge in [-0.3, -0.25) is 4.79 Å². The quantitative estimate of drug-likeness (QED) is 0.540. The van der Waals surface area contributed by atoms with Crippen molar-refractivity contribution in [2.45, 2.75) is 104 Å². The topological polar surface area (TPSA) is 57.5 Å². The fourth-order valence-corrected chi connectivity index (χ4v) is 8.34. The van der Waals surface area contributed by atoms with E-state index in [1.165, 1.54) is 5.57 Å². The maximum Gasteiger partial charge on any atom is 0.139 e. The minimum Gasteiger partial charge on any atom is -0.393 e. The summed E-state index contributed by atoms with van der Waals surface area (Å²) in [5.41, 5.74) is 1.73. The molecule has 0 aromatic heterocycles. The van der Waals surface area contributed by atoms with Gasteiger partial charge in [-0.1, -0.05) is 51.5 Å². The van der Waals surface area contributed by atoms with Gasteiger partial charge in [-0.2, -0.15) is 0 Å². The Morgan fingerprint density at radius 3 is 2.61 bits per heavy atom. The lowest BCUT2D eigenvalue weighted by Gasteiger charge is -2.58. The highest BCUT2D eigenvalue weighted by molar-refractivity contribution is 5.86. The van der Waals surface area contributed by atoms with E-state index in [0.29, 0.717) is 36.5 Å².